The monoisotopic (exact) mass is 438 g/mol. The van der Waals surface area contributed by atoms with Crippen LogP contribution in [0.1, 0.15) is 27.5 Å². The summed E-state index contributed by atoms with van der Waals surface area (Å²) in [5.74, 6) is 0.735. The molecular weight excluding hydrogens is 408 g/mol. The molecule has 2 aromatic rings. The van der Waals surface area contributed by atoms with Crippen molar-refractivity contribution in [3.63, 3.8) is 0 Å². The largest absolute Gasteiger partial charge is 0.483 e. The maximum Gasteiger partial charge on any atom is 0.290 e. The third-order valence-corrected chi connectivity index (χ3v) is 6.14. The van der Waals surface area contributed by atoms with Gasteiger partial charge in [-0.1, -0.05) is 24.3 Å². The number of aromatic nitrogens is 1. The molecule has 3 heterocycles. The second-order valence-corrected chi connectivity index (χ2v) is 8.57. The molecule has 1 N–H and O–H groups in total. The normalized spacial score (nSPS) is 21.7. The fourth-order valence-electron chi connectivity index (χ4n) is 4.82. The van der Waals surface area contributed by atoms with E-state index in [1.54, 1.807) is 18.5 Å². The first-order chi connectivity index (χ1) is 15.4. The zero-order valence-electron chi connectivity index (χ0n) is 18.7. The average Bonchev–Trinajstić information content (AvgIpc) is 3.33. The SMILES string of the molecule is Cc1ccccc1[C@H]1[C@@H]2CN(C(=O)c3cccnc3)C[C@@H]2CN1C(=O)CN(C)C.O=CO. The predicted octanol–water partition coefficient (Wildman–Crippen LogP) is 1.92. The van der Waals surface area contributed by atoms with Gasteiger partial charge in [-0.25, -0.2) is 0 Å². The van der Waals surface area contributed by atoms with Gasteiger partial charge in [-0.15, -0.1) is 0 Å². The van der Waals surface area contributed by atoms with Gasteiger partial charge in [0.15, 0.2) is 0 Å². The molecule has 0 aliphatic carbocycles. The van der Waals surface area contributed by atoms with Crippen LogP contribution in [0, 0.1) is 18.8 Å². The number of nitrogens with zero attached hydrogens (tertiary/aromatic N) is 4. The molecule has 32 heavy (non-hydrogen) atoms. The lowest BCUT2D eigenvalue weighted by atomic mass is 9.87. The van der Waals surface area contributed by atoms with Crippen molar-refractivity contribution in [2.45, 2.75) is 13.0 Å². The van der Waals surface area contributed by atoms with Crippen LogP contribution in [-0.2, 0) is 9.59 Å². The molecular formula is C24H30N4O4. The van der Waals surface area contributed by atoms with Gasteiger partial charge in [-0.05, 0) is 44.3 Å². The molecule has 8 nitrogen and oxygen atoms in total. The number of likely N-dealkylation sites (tertiary alicyclic amines) is 2. The van der Waals surface area contributed by atoms with E-state index in [1.165, 1.54) is 11.1 Å². The molecule has 8 heteroatoms. The number of amides is 2. The van der Waals surface area contributed by atoms with Crippen molar-refractivity contribution >= 4 is 18.3 Å². The van der Waals surface area contributed by atoms with Crippen LogP contribution in [0.5, 0.6) is 0 Å². The lowest BCUT2D eigenvalue weighted by molar-refractivity contribution is -0.133. The van der Waals surface area contributed by atoms with Gasteiger partial charge < -0.3 is 19.8 Å². The second-order valence-electron chi connectivity index (χ2n) is 8.57. The zero-order chi connectivity index (χ0) is 23.3. The minimum absolute atomic E-state index is 0.0142. The standard InChI is InChI=1S/C23H28N4O2.CH2O2/c1-16-7-4-5-9-19(16)22-20-14-26(23(29)17-8-6-10-24-11-17)12-18(20)13-27(22)21(28)15-25(2)3;2-1-3/h4-11,18,20,22H,12-15H2,1-3H3;1H,(H,2,3)/t18-,20-,22+;/m1./s1. The summed E-state index contributed by atoms with van der Waals surface area (Å²) in [5.41, 5.74) is 3.01. The van der Waals surface area contributed by atoms with E-state index in [4.69, 9.17) is 9.90 Å². The van der Waals surface area contributed by atoms with Crippen LogP contribution in [-0.4, -0.2) is 83.4 Å². The Hall–Kier alpha value is -3.26. The smallest absolute Gasteiger partial charge is 0.290 e. The van der Waals surface area contributed by atoms with E-state index >= 15 is 0 Å². The molecule has 0 bridgehead atoms. The first-order valence-electron chi connectivity index (χ1n) is 10.6. The summed E-state index contributed by atoms with van der Waals surface area (Å²) in [6, 6.07) is 11.9. The topological polar surface area (TPSA) is 94.1 Å². The Morgan fingerprint density at radius 3 is 2.50 bits per heavy atom. The number of aryl methyl sites for hydroxylation is 1. The number of rotatable bonds is 4. The van der Waals surface area contributed by atoms with Crippen molar-refractivity contribution in [2.75, 3.05) is 40.3 Å². The summed E-state index contributed by atoms with van der Waals surface area (Å²) in [4.78, 5) is 44.3. The fraction of sp³-hybridized carbons (Fsp3) is 0.417. The summed E-state index contributed by atoms with van der Waals surface area (Å²) in [6.07, 6.45) is 3.31. The first-order valence-corrected chi connectivity index (χ1v) is 10.6. The lowest BCUT2D eigenvalue weighted by Gasteiger charge is -2.31. The van der Waals surface area contributed by atoms with E-state index in [9.17, 15) is 9.59 Å². The molecule has 0 saturated carbocycles. The Bertz CT molecular complexity index is 950. The number of pyridine rings is 1. The molecule has 1 aromatic carbocycles. The highest BCUT2D eigenvalue weighted by Gasteiger charge is 2.50. The Labute approximate surface area is 188 Å². The maximum absolute atomic E-state index is 13.0. The van der Waals surface area contributed by atoms with Gasteiger partial charge in [-0.3, -0.25) is 19.4 Å². The van der Waals surface area contributed by atoms with Crippen LogP contribution in [0.2, 0.25) is 0 Å². The molecule has 0 unspecified atom stereocenters. The van der Waals surface area contributed by atoms with Gasteiger partial charge in [0.05, 0.1) is 18.2 Å². The predicted molar refractivity (Wildman–Crippen MR) is 120 cm³/mol. The third-order valence-electron chi connectivity index (χ3n) is 6.14. The molecule has 2 aliphatic heterocycles. The molecule has 2 aliphatic rings. The van der Waals surface area contributed by atoms with Crippen LogP contribution in [0.4, 0.5) is 0 Å². The van der Waals surface area contributed by atoms with Crippen molar-refractivity contribution in [3.05, 3.63) is 65.5 Å². The Morgan fingerprint density at radius 1 is 1.16 bits per heavy atom. The molecule has 2 fully saturated rings. The van der Waals surface area contributed by atoms with Crippen molar-refractivity contribution < 1.29 is 19.5 Å². The summed E-state index contributed by atoms with van der Waals surface area (Å²) >= 11 is 0. The van der Waals surface area contributed by atoms with Crippen LogP contribution < -0.4 is 0 Å². The minimum Gasteiger partial charge on any atom is -0.483 e. The van der Waals surface area contributed by atoms with Crippen molar-refractivity contribution in [2.24, 2.45) is 11.8 Å². The number of fused-ring (bicyclic) bond motifs is 1. The van der Waals surface area contributed by atoms with E-state index in [1.807, 2.05) is 47.0 Å². The van der Waals surface area contributed by atoms with Crippen molar-refractivity contribution in [1.82, 2.24) is 19.7 Å². The fourth-order valence-corrected chi connectivity index (χ4v) is 4.82. The summed E-state index contributed by atoms with van der Waals surface area (Å²) in [7, 11) is 3.84. The number of benzene rings is 1. The van der Waals surface area contributed by atoms with Crippen LogP contribution in [0.25, 0.3) is 0 Å². The van der Waals surface area contributed by atoms with E-state index in [0.717, 1.165) is 0 Å². The van der Waals surface area contributed by atoms with Crippen molar-refractivity contribution in [3.8, 4) is 0 Å². The molecule has 0 spiro atoms. The number of hydrogen-bond acceptors (Lipinski definition) is 5. The number of carboxylic acid groups (broad SMARTS) is 1. The second kappa shape index (κ2) is 10.4. The Kier molecular flexibility index (Phi) is 7.58. The van der Waals surface area contributed by atoms with Crippen LogP contribution in [0.3, 0.4) is 0 Å². The number of carbonyl (C=O) groups is 3. The molecule has 170 valence electrons. The van der Waals surface area contributed by atoms with E-state index in [-0.39, 0.29) is 30.2 Å². The minimum atomic E-state index is -0.250. The summed E-state index contributed by atoms with van der Waals surface area (Å²) in [5, 5.41) is 6.89. The molecule has 4 rings (SSSR count). The van der Waals surface area contributed by atoms with Gasteiger partial charge in [-0.2, -0.15) is 0 Å². The van der Waals surface area contributed by atoms with Gasteiger partial charge in [0, 0.05) is 43.9 Å². The zero-order valence-corrected chi connectivity index (χ0v) is 18.7. The molecule has 0 radical (unpaired) electrons. The van der Waals surface area contributed by atoms with Gasteiger partial charge in [0.25, 0.3) is 12.4 Å². The molecule has 3 atom stereocenters. The Balaban J connectivity index is 0.000000913. The first kappa shape index (κ1) is 23.4. The number of likely N-dealkylation sites (N-methyl/N-ethyl adjacent to an activating group) is 1. The Morgan fingerprint density at radius 2 is 1.88 bits per heavy atom. The highest BCUT2D eigenvalue weighted by molar-refractivity contribution is 5.94. The van der Waals surface area contributed by atoms with E-state index in [0.29, 0.717) is 37.7 Å². The third kappa shape index (κ3) is 4.96. The van der Waals surface area contributed by atoms with Crippen molar-refractivity contribution in [1.29, 1.82) is 0 Å². The molecule has 2 amide bonds. The highest BCUT2D eigenvalue weighted by atomic mass is 16.3. The summed E-state index contributed by atoms with van der Waals surface area (Å²) < 4.78 is 0. The quantitative estimate of drug-likeness (QED) is 0.733. The number of hydrogen-bond donors (Lipinski definition) is 1. The van der Waals surface area contributed by atoms with E-state index in [2.05, 4.69) is 24.0 Å². The van der Waals surface area contributed by atoms with Crippen LogP contribution in [0.15, 0.2) is 48.8 Å². The van der Waals surface area contributed by atoms with Crippen LogP contribution >= 0.6 is 0 Å². The molecule has 2 saturated heterocycles. The number of carbonyl (C=O) groups excluding carboxylic acids is 2. The van der Waals surface area contributed by atoms with E-state index < -0.39 is 0 Å². The lowest BCUT2D eigenvalue weighted by Crippen LogP contribution is -2.41. The van der Waals surface area contributed by atoms with Gasteiger partial charge in [0.1, 0.15) is 0 Å². The van der Waals surface area contributed by atoms with Gasteiger partial charge in [0.2, 0.25) is 5.91 Å². The van der Waals surface area contributed by atoms with Gasteiger partial charge >= 0.3 is 0 Å². The maximum atomic E-state index is 13.0. The average molecular weight is 439 g/mol. The highest BCUT2D eigenvalue weighted by Crippen LogP contribution is 2.46. The summed E-state index contributed by atoms with van der Waals surface area (Å²) in [6.45, 7) is 4.31. The molecule has 1 aromatic heterocycles.